The van der Waals surface area contributed by atoms with E-state index in [1.54, 1.807) is 26.3 Å². The molecule has 0 unspecified atom stereocenters. The number of anilines is 1. The normalized spacial score (nSPS) is 9.84. The molecule has 0 bridgehead atoms. The summed E-state index contributed by atoms with van der Waals surface area (Å²) in [6.07, 6.45) is 2.03. The Morgan fingerprint density at radius 1 is 1.42 bits per heavy atom. The molecule has 0 atom stereocenters. The van der Waals surface area contributed by atoms with E-state index < -0.39 is 0 Å². The summed E-state index contributed by atoms with van der Waals surface area (Å²) in [6.45, 7) is 6.75. The average Bonchev–Trinajstić information content (AvgIpc) is 2.42. The zero-order chi connectivity index (χ0) is 14.3. The smallest absolute Gasteiger partial charge is 0.251 e. The summed E-state index contributed by atoms with van der Waals surface area (Å²) in [5.74, 6) is 0.559. The van der Waals surface area contributed by atoms with Crippen LogP contribution in [0.1, 0.15) is 30.1 Å². The molecule has 4 heteroatoms. The van der Waals surface area contributed by atoms with Crippen LogP contribution in [0.15, 0.2) is 30.4 Å². The van der Waals surface area contributed by atoms with Crippen LogP contribution in [0.2, 0.25) is 0 Å². The number of allylic oxidation sites excluding steroid dienone is 1. The van der Waals surface area contributed by atoms with Crippen molar-refractivity contribution in [3.63, 3.8) is 0 Å². The van der Waals surface area contributed by atoms with Crippen LogP contribution in [0, 0.1) is 0 Å². The van der Waals surface area contributed by atoms with Crippen molar-refractivity contribution < 1.29 is 9.53 Å². The van der Waals surface area contributed by atoms with Crippen LogP contribution in [0.4, 0.5) is 5.69 Å². The lowest BCUT2D eigenvalue weighted by Crippen LogP contribution is -2.17. The highest BCUT2D eigenvalue weighted by molar-refractivity contribution is 5.95. The number of carbonyl (C=O) groups is 1. The molecule has 1 aromatic carbocycles. The highest BCUT2D eigenvalue weighted by Gasteiger charge is 2.08. The molecule has 0 aliphatic rings. The molecule has 0 aromatic heterocycles. The van der Waals surface area contributed by atoms with Crippen LogP contribution in [0.3, 0.4) is 0 Å². The molecule has 0 heterocycles. The van der Waals surface area contributed by atoms with Gasteiger partial charge in [-0.05, 0) is 38.0 Å². The molecule has 4 nitrogen and oxygen atoms in total. The molecule has 1 amide bonds. The SMILES string of the molecule is C=C(C)CCCNc1ccc(C(=O)NC)cc1OC. The van der Waals surface area contributed by atoms with Gasteiger partial charge >= 0.3 is 0 Å². The van der Waals surface area contributed by atoms with Crippen molar-refractivity contribution in [3.8, 4) is 5.75 Å². The predicted molar refractivity (Wildman–Crippen MR) is 78.9 cm³/mol. The number of hydrogen-bond donors (Lipinski definition) is 2. The maximum Gasteiger partial charge on any atom is 0.251 e. The molecule has 1 aromatic rings. The Labute approximate surface area is 114 Å². The Morgan fingerprint density at radius 2 is 2.16 bits per heavy atom. The molecule has 0 saturated carbocycles. The Bertz CT molecular complexity index is 455. The minimum absolute atomic E-state index is 0.118. The first-order valence-electron chi connectivity index (χ1n) is 6.37. The van der Waals surface area contributed by atoms with E-state index >= 15 is 0 Å². The van der Waals surface area contributed by atoms with E-state index in [1.165, 1.54) is 5.57 Å². The molecule has 0 fully saturated rings. The van der Waals surface area contributed by atoms with Crippen LogP contribution in [-0.2, 0) is 0 Å². The molecule has 0 spiro atoms. The Morgan fingerprint density at radius 3 is 2.74 bits per heavy atom. The summed E-state index contributed by atoms with van der Waals surface area (Å²) < 4.78 is 5.30. The number of amides is 1. The largest absolute Gasteiger partial charge is 0.495 e. The minimum atomic E-state index is -0.118. The second-order valence-corrected chi connectivity index (χ2v) is 4.48. The number of methoxy groups -OCH3 is 1. The van der Waals surface area contributed by atoms with Gasteiger partial charge in [-0.25, -0.2) is 0 Å². The zero-order valence-electron chi connectivity index (χ0n) is 11.9. The van der Waals surface area contributed by atoms with Crippen molar-refractivity contribution in [1.82, 2.24) is 5.32 Å². The molecule has 0 aliphatic carbocycles. The maximum atomic E-state index is 11.5. The standard InChI is InChI=1S/C15H22N2O2/c1-11(2)6-5-9-17-13-8-7-12(15(18)16-3)10-14(13)19-4/h7-8,10,17H,1,5-6,9H2,2-4H3,(H,16,18). The molecule has 2 N–H and O–H groups in total. The van der Waals surface area contributed by atoms with E-state index in [-0.39, 0.29) is 5.91 Å². The fraction of sp³-hybridized carbons (Fsp3) is 0.400. The van der Waals surface area contributed by atoms with Crippen molar-refractivity contribution in [1.29, 1.82) is 0 Å². The molecule has 0 saturated heterocycles. The number of nitrogens with one attached hydrogen (secondary N) is 2. The second-order valence-electron chi connectivity index (χ2n) is 4.48. The zero-order valence-corrected chi connectivity index (χ0v) is 11.9. The van der Waals surface area contributed by atoms with Crippen LogP contribution < -0.4 is 15.4 Å². The number of hydrogen-bond acceptors (Lipinski definition) is 3. The van der Waals surface area contributed by atoms with Gasteiger partial charge in [0.15, 0.2) is 0 Å². The summed E-state index contributed by atoms with van der Waals surface area (Å²) in [4.78, 5) is 11.5. The quantitative estimate of drug-likeness (QED) is 0.587. The predicted octanol–water partition coefficient (Wildman–Crippen LogP) is 2.82. The summed E-state index contributed by atoms with van der Waals surface area (Å²) >= 11 is 0. The van der Waals surface area contributed by atoms with E-state index in [0.29, 0.717) is 11.3 Å². The Kier molecular flexibility index (Phi) is 5.93. The molecule has 1 rings (SSSR count). The van der Waals surface area contributed by atoms with Gasteiger partial charge in [0, 0.05) is 19.2 Å². The topological polar surface area (TPSA) is 50.4 Å². The van der Waals surface area contributed by atoms with Crippen molar-refractivity contribution in [2.75, 3.05) is 26.0 Å². The Hall–Kier alpha value is -1.97. The van der Waals surface area contributed by atoms with E-state index in [1.807, 2.05) is 13.0 Å². The molecule has 0 radical (unpaired) electrons. The molecular weight excluding hydrogens is 240 g/mol. The fourth-order valence-electron chi connectivity index (χ4n) is 1.74. The van der Waals surface area contributed by atoms with E-state index in [4.69, 9.17) is 4.74 Å². The molecule has 0 aliphatic heterocycles. The highest BCUT2D eigenvalue weighted by atomic mass is 16.5. The van der Waals surface area contributed by atoms with Gasteiger partial charge in [0.05, 0.1) is 12.8 Å². The van der Waals surface area contributed by atoms with Crippen molar-refractivity contribution in [3.05, 3.63) is 35.9 Å². The van der Waals surface area contributed by atoms with Crippen LogP contribution in [-0.4, -0.2) is 26.6 Å². The lowest BCUT2D eigenvalue weighted by molar-refractivity contribution is 0.0963. The van der Waals surface area contributed by atoms with E-state index in [9.17, 15) is 4.79 Å². The van der Waals surface area contributed by atoms with Crippen LogP contribution in [0.5, 0.6) is 5.75 Å². The van der Waals surface area contributed by atoms with Gasteiger partial charge in [-0.1, -0.05) is 5.57 Å². The monoisotopic (exact) mass is 262 g/mol. The number of ether oxygens (including phenoxy) is 1. The fourth-order valence-corrected chi connectivity index (χ4v) is 1.74. The van der Waals surface area contributed by atoms with Crippen LogP contribution >= 0.6 is 0 Å². The van der Waals surface area contributed by atoms with Gasteiger partial charge in [0.1, 0.15) is 5.75 Å². The van der Waals surface area contributed by atoms with E-state index in [2.05, 4.69) is 17.2 Å². The summed E-state index contributed by atoms with van der Waals surface area (Å²) in [5, 5.41) is 5.90. The first kappa shape index (κ1) is 15.1. The van der Waals surface area contributed by atoms with Crippen molar-refractivity contribution >= 4 is 11.6 Å². The lowest BCUT2D eigenvalue weighted by atomic mass is 10.1. The third-order valence-corrected chi connectivity index (χ3v) is 2.79. The lowest BCUT2D eigenvalue weighted by Gasteiger charge is -2.12. The third-order valence-electron chi connectivity index (χ3n) is 2.79. The maximum absolute atomic E-state index is 11.5. The summed E-state index contributed by atoms with van der Waals surface area (Å²) in [7, 11) is 3.21. The molecule has 104 valence electrons. The van der Waals surface area contributed by atoms with Gasteiger partial charge in [-0.15, -0.1) is 6.58 Å². The molecular formula is C15H22N2O2. The Balaban J connectivity index is 2.68. The first-order chi connectivity index (χ1) is 9.08. The number of benzene rings is 1. The third kappa shape index (κ3) is 4.66. The van der Waals surface area contributed by atoms with Gasteiger partial charge < -0.3 is 15.4 Å². The van der Waals surface area contributed by atoms with Gasteiger partial charge in [0.25, 0.3) is 5.91 Å². The van der Waals surface area contributed by atoms with Gasteiger partial charge in [-0.2, -0.15) is 0 Å². The summed E-state index contributed by atoms with van der Waals surface area (Å²) in [5.41, 5.74) is 2.67. The van der Waals surface area contributed by atoms with E-state index in [0.717, 1.165) is 25.1 Å². The average molecular weight is 262 g/mol. The van der Waals surface area contributed by atoms with Gasteiger partial charge in [-0.3, -0.25) is 4.79 Å². The number of carbonyl (C=O) groups excluding carboxylic acids is 1. The van der Waals surface area contributed by atoms with Gasteiger partial charge in [0.2, 0.25) is 0 Å². The van der Waals surface area contributed by atoms with Crippen LogP contribution in [0.25, 0.3) is 0 Å². The summed E-state index contributed by atoms with van der Waals surface area (Å²) in [6, 6.07) is 5.38. The molecule has 19 heavy (non-hydrogen) atoms. The highest BCUT2D eigenvalue weighted by Crippen LogP contribution is 2.25. The number of rotatable bonds is 7. The first-order valence-corrected chi connectivity index (χ1v) is 6.37. The van der Waals surface area contributed by atoms with Crippen molar-refractivity contribution in [2.24, 2.45) is 0 Å². The second kappa shape index (κ2) is 7.46. The minimum Gasteiger partial charge on any atom is -0.495 e. The van der Waals surface area contributed by atoms with Crippen molar-refractivity contribution in [2.45, 2.75) is 19.8 Å².